The Morgan fingerprint density at radius 1 is 1.18 bits per heavy atom. The van der Waals surface area contributed by atoms with Gasteiger partial charge in [0.25, 0.3) is 0 Å². The fraction of sp³-hybridized carbons (Fsp3) is 0.471. The summed E-state index contributed by atoms with van der Waals surface area (Å²) in [4.78, 5) is 12.5. The molecule has 5 nitrogen and oxygen atoms in total. The van der Waals surface area contributed by atoms with Crippen molar-refractivity contribution in [3.05, 3.63) is 54.1 Å². The van der Waals surface area contributed by atoms with Crippen molar-refractivity contribution in [2.45, 2.75) is 25.2 Å². The fourth-order valence-electron chi connectivity index (χ4n) is 3.57. The SMILES string of the molecule is c1ccc(CN2CCO[C@H]3CN(Cc4ncc[nH]4)C[C@@H]32)cc1. The summed E-state index contributed by atoms with van der Waals surface area (Å²) in [6.45, 7) is 5.80. The third-order valence-corrected chi connectivity index (χ3v) is 4.65. The zero-order chi connectivity index (χ0) is 14.8. The Balaban J connectivity index is 1.42. The Morgan fingerprint density at radius 2 is 2.09 bits per heavy atom. The molecule has 5 heteroatoms. The Kier molecular flexibility index (Phi) is 3.93. The molecule has 4 rings (SSSR count). The van der Waals surface area contributed by atoms with Gasteiger partial charge in [0.05, 0.1) is 25.3 Å². The number of aromatic nitrogens is 2. The molecule has 2 fully saturated rings. The number of ether oxygens (including phenoxy) is 1. The first-order valence-electron chi connectivity index (χ1n) is 7.99. The molecular formula is C17H22N4O. The number of imidazole rings is 1. The minimum atomic E-state index is 0.326. The number of rotatable bonds is 4. The van der Waals surface area contributed by atoms with Gasteiger partial charge in [0.2, 0.25) is 0 Å². The lowest BCUT2D eigenvalue weighted by atomic mass is 10.1. The van der Waals surface area contributed by atoms with Gasteiger partial charge in [-0.3, -0.25) is 9.80 Å². The first-order valence-corrected chi connectivity index (χ1v) is 7.99. The average molecular weight is 298 g/mol. The highest BCUT2D eigenvalue weighted by atomic mass is 16.5. The molecule has 2 aliphatic rings. The summed E-state index contributed by atoms with van der Waals surface area (Å²) >= 11 is 0. The van der Waals surface area contributed by atoms with Gasteiger partial charge in [0.15, 0.2) is 0 Å². The highest BCUT2D eigenvalue weighted by Crippen LogP contribution is 2.25. The first-order chi connectivity index (χ1) is 10.9. The van der Waals surface area contributed by atoms with Gasteiger partial charge < -0.3 is 9.72 Å². The highest BCUT2D eigenvalue weighted by Gasteiger charge is 2.39. The van der Waals surface area contributed by atoms with E-state index < -0.39 is 0 Å². The lowest BCUT2D eigenvalue weighted by Gasteiger charge is -2.37. The van der Waals surface area contributed by atoms with Crippen molar-refractivity contribution < 1.29 is 4.74 Å². The van der Waals surface area contributed by atoms with Crippen molar-refractivity contribution in [3.8, 4) is 0 Å². The number of morpholine rings is 1. The van der Waals surface area contributed by atoms with E-state index in [1.165, 1.54) is 5.56 Å². The Hall–Kier alpha value is -1.69. The van der Waals surface area contributed by atoms with Gasteiger partial charge in [-0.2, -0.15) is 0 Å². The molecule has 2 aromatic rings. The average Bonchev–Trinajstić information content (AvgIpc) is 3.18. The molecule has 2 aliphatic heterocycles. The first kappa shape index (κ1) is 13.9. The van der Waals surface area contributed by atoms with E-state index in [2.05, 4.69) is 50.1 Å². The molecule has 0 radical (unpaired) electrons. The largest absolute Gasteiger partial charge is 0.374 e. The number of H-pyrrole nitrogens is 1. The van der Waals surface area contributed by atoms with Crippen molar-refractivity contribution in [1.29, 1.82) is 0 Å². The zero-order valence-electron chi connectivity index (χ0n) is 12.7. The summed E-state index contributed by atoms with van der Waals surface area (Å²) < 4.78 is 6.01. The van der Waals surface area contributed by atoms with E-state index in [0.29, 0.717) is 12.1 Å². The Bertz CT molecular complexity index is 586. The molecule has 0 amide bonds. The van der Waals surface area contributed by atoms with Gasteiger partial charge in [-0.25, -0.2) is 4.98 Å². The summed E-state index contributed by atoms with van der Waals surface area (Å²) in [5.41, 5.74) is 1.38. The number of hydrogen-bond donors (Lipinski definition) is 1. The molecular weight excluding hydrogens is 276 g/mol. The second-order valence-corrected chi connectivity index (χ2v) is 6.16. The van der Waals surface area contributed by atoms with Crippen LogP contribution in [-0.4, -0.2) is 58.2 Å². The maximum Gasteiger partial charge on any atom is 0.120 e. The van der Waals surface area contributed by atoms with Crippen molar-refractivity contribution in [3.63, 3.8) is 0 Å². The smallest absolute Gasteiger partial charge is 0.120 e. The molecule has 0 bridgehead atoms. The van der Waals surface area contributed by atoms with Crippen LogP contribution in [0, 0.1) is 0 Å². The van der Waals surface area contributed by atoms with Crippen LogP contribution >= 0.6 is 0 Å². The van der Waals surface area contributed by atoms with Crippen molar-refractivity contribution >= 4 is 0 Å². The summed E-state index contributed by atoms with van der Waals surface area (Å²) in [6, 6.07) is 11.2. The minimum Gasteiger partial charge on any atom is -0.374 e. The van der Waals surface area contributed by atoms with E-state index in [4.69, 9.17) is 4.74 Å². The van der Waals surface area contributed by atoms with E-state index >= 15 is 0 Å². The van der Waals surface area contributed by atoms with Crippen LogP contribution in [-0.2, 0) is 17.8 Å². The van der Waals surface area contributed by atoms with Gasteiger partial charge in [0, 0.05) is 38.6 Å². The summed E-state index contributed by atoms with van der Waals surface area (Å²) in [5.74, 6) is 1.04. The van der Waals surface area contributed by atoms with Crippen LogP contribution < -0.4 is 0 Å². The Labute approximate surface area is 130 Å². The second-order valence-electron chi connectivity index (χ2n) is 6.16. The van der Waals surface area contributed by atoms with E-state index in [1.807, 2.05) is 12.4 Å². The third kappa shape index (κ3) is 2.92. The second kappa shape index (κ2) is 6.20. The number of aromatic amines is 1. The predicted molar refractivity (Wildman–Crippen MR) is 84.2 cm³/mol. The van der Waals surface area contributed by atoms with Gasteiger partial charge in [-0.05, 0) is 5.56 Å². The van der Waals surface area contributed by atoms with Crippen molar-refractivity contribution in [2.24, 2.45) is 0 Å². The number of benzene rings is 1. The fourth-order valence-corrected chi connectivity index (χ4v) is 3.57. The van der Waals surface area contributed by atoms with Crippen LogP contribution in [0.25, 0.3) is 0 Å². The summed E-state index contributed by atoms with van der Waals surface area (Å²) in [5, 5.41) is 0. The van der Waals surface area contributed by atoms with Crippen LogP contribution in [0.4, 0.5) is 0 Å². The van der Waals surface area contributed by atoms with E-state index in [1.54, 1.807) is 0 Å². The van der Waals surface area contributed by atoms with Gasteiger partial charge >= 0.3 is 0 Å². The van der Waals surface area contributed by atoms with Crippen LogP contribution in [0.5, 0.6) is 0 Å². The molecule has 3 heterocycles. The van der Waals surface area contributed by atoms with Crippen LogP contribution in [0.3, 0.4) is 0 Å². The molecule has 1 aromatic carbocycles. The number of likely N-dealkylation sites (tertiary alicyclic amines) is 1. The summed E-state index contributed by atoms with van der Waals surface area (Å²) in [6.07, 6.45) is 4.03. The molecule has 116 valence electrons. The number of fused-ring (bicyclic) bond motifs is 1. The summed E-state index contributed by atoms with van der Waals surface area (Å²) in [7, 11) is 0. The predicted octanol–water partition coefficient (Wildman–Crippen LogP) is 1.49. The van der Waals surface area contributed by atoms with Crippen LogP contribution in [0.1, 0.15) is 11.4 Å². The quantitative estimate of drug-likeness (QED) is 0.929. The molecule has 0 saturated carbocycles. The van der Waals surface area contributed by atoms with Gasteiger partial charge in [0.1, 0.15) is 5.82 Å². The third-order valence-electron chi connectivity index (χ3n) is 4.65. The minimum absolute atomic E-state index is 0.326. The monoisotopic (exact) mass is 298 g/mol. The van der Waals surface area contributed by atoms with Crippen LogP contribution in [0.2, 0.25) is 0 Å². The van der Waals surface area contributed by atoms with Gasteiger partial charge in [-0.15, -0.1) is 0 Å². The molecule has 1 aromatic heterocycles. The lowest BCUT2D eigenvalue weighted by Crippen LogP contribution is -2.50. The Morgan fingerprint density at radius 3 is 2.91 bits per heavy atom. The molecule has 2 atom stereocenters. The molecule has 0 unspecified atom stereocenters. The topological polar surface area (TPSA) is 44.4 Å². The number of hydrogen-bond acceptors (Lipinski definition) is 4. The molecule has 2 saturated heterocycles. The van der Waals surface area contributed by atoms with E-state index in [9.17, 15) is 0 Å². The maximum absolute atomic E-state index is 6.01. The molecule has 1 N–H and O–H groups in total. The molecule has 0 spiro atoms. The lowest BCUT2D eigenvalue weighted by molar-refractivity contribution is -0.0504. The zero-order valence-corrected chi connectivity index (χ0v) is 12.7. The van der Waals surface area contributed by atoms with Crippen molar-refractivity contribution in [1.82, 2.24) is 19.8 Å². The van der Waals surface area contributed by atoms with Crippen LogP contribution in [0.15, 0.2) is 42.7 Å². The highest BCUT2D eigenvalue weighted by molar-refractivity contribution is 5.15. The maximum atomic E-state index is 6.01. The van der Waals surface area contributed by atoms with Crippen molar-refractivity contribution in [2.75, 3.05) is 26.2 Å². The standard InChI is InChI=1S/C17H22N4O/c1-2-4-14(5-3-1)10-21-8-9-22-16-12-20(11-15(16)21)13-17-18-6-7-19-17/h1-7,15-16H,8-13H2,(H,18,19)/t15-,16-/m0/s1. The van der Waals surface area contributed by atoms with Gasteiger partial charge in [-0.1, -0.05) is 30.3 Å². The molecule has 0 aliphatic carbocycles. The number of nitrogens with one attached hydrogen (secondary N) is 1. The van der Waals surface area contributed by atoms with E-state index in [-0.39, 0.29) is 0 Å². The number of nitrogens with zero attached hydrogens (tertiary/aromatic N) is 3. The normalized spacial score (nSPS) is 26.2. The molecule has 22 heavy (non-hydrogen) atoms. The van der Waals surface area contributed by atoms with E-state index in [0.717, 1.165) is 45.2 Å².